The van der Waals surface area contributed by atoms with Crippen LogP contribution in [0.15, 0.2) is 54.7 Å². The van der Waals surface area contributed by atoms with Crippen LogP contribution in [0.5, 0.6) is 5.88 Å². The lowest BCUT2D eigenvalue weighted by Gasteiger charge is -2.23. The number of anilines is 1. The van der Waals surface area contributed by atoms with Crippen molar-refractivity contribution in [3.05, 3.63) is 82.7 Å². The van der Waals surface area contributed by atoms with Gasteiger partial charge in [0.25, 0.3) is 0 Å². The molecule has 2 aromatic heterocycles. The van der Waals surface area contributed by atoms with Gasteiger partial charge in [0.15, 0.2) is 0 Å². The van der Waals surface area contributed by atoms with E-state index in [0.29, 0.717) is 24.2 Å². The minimum Gasteiger partial charge on any atom is -0.472 e. The zero-order valence-electron chi connectivity index (χ0n) is 22.4. The molecule has 1 saturated heterocycles. The average molecular weight is 545 g/mol. The second-order valence-electron chi connectivity index (χ2n) is 10.2. The highest BCUT2D eigenvalue weighted by Crippen LogP contribution is 2.43. The number of ether oxygens (including phenoxy) is 2. The van der Waals surface area contributed by atoms with E-state index < -0.39 is 10.0 Å². The van der Waals surface area contributed by atoms with Gasteiger partial charge in [-0.05, 0) is 90.4 Å². The summed E-state index contributed by atoms with van der Waals surface area (Å²) in [6, 6.07) is 16.3. The topological polar surface area (TPSA) is 95.3 Å². The van der Waals surface area contributed by atoms with Crippen LogP contribution in [0.1, 0.15) is 60.2 Å². The molecular weight excluding hydrogens is 512 g/mol. The van der Waals surface area contributed by atoms with Gasteiger partial charge in [0.1, 0.15) is 6.61 Å². The molecule has 2 aliphatic rings. The molecule has 0 atom stereocenters. The van der Waals surface area contributed by atoms with Crippen LogP contribution in [-0.2, 0) is 21.4 Å². The van der Waals surface area contributed by atoms with Crippen molar-refractivity contribution in [1.29, 1.82) is 0 Å². The van der Waals surface area contributed by atoms with Gasteiger partial charge >= 0.3 is 0 Å². The Bertz CT molecular complexity index is 1700. The molecule has 9 heteroatoms. The molecule has 4 heterocycles. The molecular formula is C30H32N4O4S. The van der Waals surface area contributed by atoms with E-state index in [0.717, 1.165) is 88.7 Å². The summed E-state index contributed by atoms with van der Waals surface area (Å²) in [5.41, 5.74) is 8.78. The van der Waals surface area contributed by atoms with Crippen molar-refractivity contribution < 1.29 is 17.9 Å². The van der Waals surface area contributed by atoms with Gasteiger partial charge in [0, 0.05) is 36.0 Å². The van der Waals surface area contributed by atoms with Gasteiger partial charge in [-0.3, -0.25) is 9.40 Å². The highest BCUT2D eigenvalue weighted by atomic mass is 32.2. The fourth-order valence-electron chi connectivity index (χ4n) is 5.76. The van der Waals surface area contributed by atoms with Crippen LogP contribution in [-0.4, -0.2) is 42.7 Å². The lowest BCUT2D eigenvalue weighted by molar-refractivity contribution is 0.0674. The number of aromatic nitrogens is 3. The number of hydrogen-bond donors (Lipinski definition) is 1. The van der Waals surface area contributed by atoms with Crippen LogP contribution in [0.3, 0.4) is 0 Å². The van der Waals surface area contributed by atoms with Gasteiger partial charge < -0.3 is 9.47 Å². The summed E-state index contributed by atoms with van der Waals surface area (Å²) in [5.74, 6) is 0.590. The lowest BCUT2D eigenvalue weighted by atomic mass is 9.86. The molecule has 0 amide bonds. The molecule has 0 radical (unpaired) electrons. The van der Waals surface area contributed by atoms with Crippen molar-refractivity contribution in [3.8, 4) is 5.88 Å². The largest absolute Gasteiger partial charge is 0.472 e. The Morgan fingerprint density at radius 2 is 1.92 bits per heavy atom. The number of allylic oxidation sites excluding steroid dienone is 1. The molecule has 2 aliphatic heterocycles. The number of nitrogens with one attached hydrogen (secondary N) is 1. The lowest BCUT2D eigenvalue weighted by Crippen LogP contribution is -2.20. The molecule has 0 unspecified atom stereocenters. The number of aryl methyl sites for hydroxylation is 1. The first kappa shape index (κ1) is 25.6. The van der Waals surface area contributed by atoms with Crippen LogP contribution in [0, 0.1) is 6.92 Å². The van der Waals surface area contributed by atoms with Crippen molar-refractivity contribution in [2.24, 2.45) is 0 Å². The summed E-state index contributed by atoms with van der Waals surface area (Å²) >= 11 is 0. The maximum absolute atomic E-state index is 11.9. The first-order chi connectivity index (χ1) is 18.8. The summed E-state index contributed by atoms with van der Waals surface area (Å²) in [7, 11) is -3.40. The maximum atomic E-state index is 11.9. The Labute approximate surface area is 228 Å². The molecule has 2 aromatic carbocycles. The van der Waals surface area contributed by atoms with Gasteiger partial charge in [-0.15, -0.1) is 0 Å². The molecule has 0 aliphatic carbocycles. The molecule has 6 rings (SSSR count). The Morgan fingerprint density at radius 1 is 1.10 bits per heavy atom. The predicted molar refractivity (Wildman–Crippen MR) is 153 cm³/mol. The third kappa shape index (κ3) is 4.92. The van der Waals surface area contributed by atoms with Crippen molar-refractivity contribution >= 4 is 37.8 Å². The molecule has 202 valence electrons. The highest BCUT2D eigenvalue weighted by Gasteiger charge is 2.27. The van der Waals surface area contributed by atoms with Crippen molar-refractivity contribution in [3.63, 3.8) is 0 Å². The number of hydrogen-bond acceptors (Lipinski definition) is 6. The van der Waals surface area contributed by atoms with Crippen LogP contribution in [0.25, 0.3) is 22.0 Å². The van der Waals surface area contributed by atoms with Gasteiger partial charge in [0.05, 0.1) is 23.5 Å². The summed E-state index contributed by atoms with van der Waals surface area (Å²) < 4.78 is 40.5. The van der Waals surface area contributed by atoms with E-state index in [-0.39, 0.29) is 0 Å². The van der Waals surface area contributed by atoms with E-state index in [4.69, 9.17) is 14.6 Å². The zero-order chi connectivity index (χ0) is 27.1. The van der Waals surface area contributed by atoms with E-state index in [9.17, 15) is 8.42 Å². The number of rotatable bonds is 5. The van der Waals surface area contributed by atoms with E-state index in [1.54, 1.807) is 12.3 Å². The van der Waals surface area contributed by atoms with Crippen LogP contribution in [0.2, 0.25) is 0 Å². The number of fused-ring (bicyclic) bond motifs is 3. The Balaban J connectivity index is 1.59. The molecule has 1 N–H and O–H groups in total. The van der Waals surface area contributed by atoms with E-state index >= 15 is 0 Å². The fourth-order valence-corrected chi connectivity index (χ4v) is 6.32. The Hall–Kier alpha value is -3.69. The Kier molecular flexibility index (Phi) is 6.64. The van der Waals surface area contributed by atoms with Gasteiger partial charge in [-0.1, -0.05) is 19.1 Å². The van der Waals surface area contributed by atoms with E-state index in [1.807, 2.05) is 30.3 Å². The number of pyridine rings is 1. The SMILES string of the molecule is CC/C(=C1\c2cc3c(C)nn(C4CCOCC4)c3cc2COc2ncccc21)c1cccc(NS(C)(=O)=O)c1. The number of benzene rings is 2. The maximum Gasteiger partial charge on any atom is 0.229 e. The van der Waals surface area contributed by atoms with Gasteiger partial charge in [-0.25, -0.2) is 13.4 Å². The molecule has 8 nitrogen and oxygen atoms in total. The zero-order valence-corrected chi connectivity index (χ0v) is 23.2. The fraction of sp³-hybridized carbons (Fsp3) is 0.333. The minimum absolute atomic E-state index is 0.310. The monoisotopic (exact) mass is 544 g/mol. The highest BCUT2D eigenvalue weighted by molar-refractivity contribution is 7.92. The van der Waals surface area contributed by atoms with Crippen LogP contribution >= 0.6 is 0 Å². The second-order valence-corrected chi connectivity index (χ2v) is 12.0. The average Bonchev–Trinajstić information content (AvgIpc) is 3.15. The van der Waals surface area contributed by atoms with Gasteiger partial charge in [-0.2, -0.15) is 5.10 Å². The van der Waals surface area contributed by atoms with Crippen molar-refractivity contribution in [1.82, 2.24) is 14.8 Å². The molecule has 0 saturated carbocycles. The molecule has 39 heavy (non-hydrogen) atoms. The molecule has 0 spiro atoms. The third-order valence-corrected chi connectivity index (χ3v) is 8.10. The van der Waals surface area contributed by atoms with E-state index in [2.05, 4.69) is 40.4 Å². The standard InChI is InChI=1S/C30H32N4O4S/c1-4-24(20-7-5-8-22(15-20)33-39(3,35)36)29-25-9-6-12-31-30(25)38-18-21-16-28-26(17-27(21)29)19(2)32-34(28)23-10-13-37-14-11-23/h5-9,12,15-17,23,33H,4,10-11,13-14,18H2,1-3H3/b29-24+. The van der Waals surface area contributed by atoms with Crippen molar-refractivity contribution in [2.75, 3.05) is 24.2 Å². The molecule has 4 aromatic rings. The Morgan fingerprint density at radius 3 is 2.69 bits per heavy atom. The molecule has 1 fully saturated rings. The minimum atomic E-state index is -3.40. The van der Waals surface area contributed by atoms with Crippen molar-refractivity contribution in [2.45, 2.75) is 45.8 Å². The normalized spacial score (nSPS) is 17.2. The first-order valence-electron chi connectivity index (χ1n) is 13.3. The summed E-state index contributed by atoms with van der Waals surface area (Å²) in [6.07, 6.45) is 5.53. The van der Waals surface area contributed by atoms with Gasteiger partial charge in [0.2, 0.25) is 15.9 Å². The third-order valence-electron chi connectivity index (χ3n) is 7.50. The summed E-state index contributed by atoms with van der Waals surface area (Å²) in [6.45, 7) is 6.08. The molecule has 0 bridgehead atoms. The second kappa shape index (κ2) is 10.1. The van der Waals surface area contributed by atoms with Crippen LogP contribution < -0.4 is 9.46 Å². The number of nitrogens with zero attached hydrogens (tertiary/aromatic N) is 3. The number of sulfonamides is 1. The van der Waals surface area contributed by atoms with E-state index in [1.165, 1.54) is 0 Å². The summed E-state index contributed by atoms with van der Waals surface area (Å²) in [5, 5.41) is 6.09. The first-order valence-corrected chi connectivity index (χ1v) is 15.2. The van der Waals surface area contributed by atoms with Crippen LogP contribution in [0.4, 0.5) is 5.69 Å². The summed E-state index contributed by atoms with van der Waals surface area (Å²) in [4.78, 5) is 4.58. The smallest absolute Gasteiger partial charge is 0.229 e. The predicted octanol–water partition coefficient (Wildman–Crippen LogP) is 5.72. The quantitative estimate of drug-likeness (QED) is 0.345.